The number of hydrogen-bond donors (Lipinski definition) is 0. The highest BCUT2D eigenvalue weighted by Crippen LogP contribution is 2.25. The van der Waals surface area contributed by atoms with Gasteiger partial charge in [0, 0.05) is 23.9 Å². The molecule has 0 aromatic heterocycles. The van der Waals surface area contributed by atoms with Gasteiger partial charge in [-0.1, -0.05) is 12.1 Å². The lowest BCUT2D eigenvalue weighted by Crippen LogP contribution is -2.29. The SMILES string of the molecule is CSc1ccccc1C(=O)N1CCC(CCCl)C1. The maximum Gasteiger partial charge on any atom is 0.254 e. The van der Waals surface area contributed by atoms with Crippen molar-refractivity contribution in [3.63, 3.8) is 0 Å². The monoisotopic (exact) mass is 283 g/mol. The van der Waals surface area contributed by atoms with E-state index in [-0.39, 0.29) is 5.91 Å². The molecule has 98 valence electrons. The second kappa shape index (κ2) is 6.48. The number of thioether (sulfide) groups is 1. The number of nitrogens with zero attached hydrogens (tertiary/aromatic N) is 1. The first-order valence-electron chi connectivity index (χ1n) is 6.24. The molecular weight excluding hydrogens is 266 g/mol. The van der Waals surface area contributed by atoms with E-state index in [4.69, 9.17) is 11.6 Å². The van der Waals surface area contributed by atoms with E-state index in [0.717, 1.165) is 36.4 Å². The molecule has 0 N–H and O–H groups in total. The summed E-state index contributed by atoms with van der Waals surface area (Å²) in [5.41, 5.74) is 0.830. The minimum atomic E-state index is 0.164. The van der Waals surface area contributed by atoms with E-state index in [1.165, 1.54) is 0 Å². The van der Waals surface area contributed by atoms with E-state index in [1.54, 1.807) is 11.8 Å². The van der Waals surface area contributed by atoms with Crippen molar-refractivity contribution in [2.24, 2.45) is 5.92 Å². The molecule has 0 saturated carbocycles. The highest BCUT2D eigenvalue weighted by atomic mass is 35.5. The smallest absolute Gasteiger partial charge is 0.254 e. The van der Waals surface area contributed by atoms with Crippen molar-refractivity contribution in [3.05, 3.63) is 29.8 Å². The molecule has 0 spiro atoms. The van der Waals surface area contributed by atoms with Crippen LogP contribution in [0.2, 0.25) is 0 Å². The summed E-state index contributed by atoms with van der Waals surface area (Å²) in [6.45, 7) is 1.72. The first kappa shape index (κ1) is 13.8. The van der Waals surface area contributed by atoms with Gasteiger partial charge in [-0.05, 0) is 37.1 Å². The zero-order valence-electron chi connectivity index (χ0n) is 10.6. The molecule has 0 aliphatic carbocycles. The summed E-state index contributed by atoms with van der Waals surface area (Å²) in [6, 6.07) is 7.83. The molecule has 4 heteroatoms. The van der Waals surface area contributed by atoms with Crippen LogP contribution in [-0.4, -0.2) is 36.0 Å². The van der Waals surface area contributed by atoms with Crippen molar-refractivity contribution in [2.75, 3.05) is 25.2 Å². The number of alkyl halides is 1. The van der Waals surface area contributed by atoms with Gasteiger partial charge in [-0.15, -0.1) is 23.4 Å². The quantitative estimate of drug-likeness (QED) is 0.623. The van der Waals surface area contributed by atoms with Crippen molar-refractivity contribution in [1.29, 1.82) is 0 Å². The first-order chi connectivity index (χ1) is 8.76. The summed E-state index contributed by atoms with van der Waals surface area (Å²) >= 11 is 7.39. The fraction of sp³-hybridized carbons (Fsp3) is 0.500. The predicted molar refractivity (Wildman–Crippen MR) is 77.6 cm³/mol. The molecule has 0 radical (unpaired) electrons. The van der Waals surface area contributed by atoms with Gasteiger partial charge in [-0.3, -0.25) is 4.79 Å². The molecule has 1 amide bonds. The van der Waals surface area contributed by atoms with Gasteiger partial charge in [-0.25, -0.2) is 0 Å². The van der Waals surface area contributed by atoms with Crippen LogP contribution < -0.4 is 0 Å². The fourth-order valence-electron chi connectivity index (χ4n) is 2.40. The Kier molecular flexibility index (Phi) is 4.95. The highest BCUT2D eigenvalue weighted by Gasteiger charge is 2.27. The van der Waals surface area contributed by atoms with Crippen LogP contribution in [0.3, 0.4) is 0 Å². The van der Waals surface area contributed by atoms with Crippen LogP contribution in [0.15, 0.2) is 29.2 Å². The molecule has 0 bridgehead atoms. The summed E-state index contributed by atoms with van der Waals surface area (Å²) in [5, 5.41) is 0. The lowest BCUT2D eigenvalue weighted by atomic mass is 10.1. The zero-order valence-corrected chi connectivity index (χ0v) is 12.1. The Balaban J connectivity index is 2.08. The minimum Gasteiger partial charge on any atom is -0.338 e. The number of likely N-dealkylation sites (tertiary alicyclic amines) is 1. The third-order valence-corrected chi connectivity index (χ3v) is 4.44. The summed E-state index contributed by atoms with van der Waals surface area (Å²) in [7, 11) is 0. The van der Waals surface area contributed by atoms with Crippen LogP contribution >= 0.6 is 23.4 Å². The topological polar surface area (TPSA) is 20.3 Å². The van der Waals surface area contributed by atoms with Crippen LogP contribution in [0, 0.1) is 5.92 Å². The molecule has 1 fully saturated rings. The normalized spacial score (nSPS) is 19.2. The van der Waals surface area contributed by atoms with Gasteiger partial charge >= 0.3 is 0 Å². The van der Waals surface area contributed by atoms with Gasteiger partial charge in [0.1, 0.15) is 0 Å². The molecule has 2 rings (SSSR count). The largest absolute Gasteiger partial charge is 0.338 e. The highest BCUT2D eigenvalue weighted by molar-refractivity contribution is 7.98. The molecule has 1 aliphatic heterocycles. The Hall–Kier alpha value is -0.670. The number of benzene rings is 1. The molecular formula is C14H18ClNOS. The maximum absolute atomic E-state index is 12.5. The molecule has 1 heterocycles. The fourth-order valence-corrected chi connectivity index (χ4v) is 3.30. The summed E-state index contributed by atoms with van der Waals surface area (Å²) in [5.74, 6) is 1.43. The van der Waals surface area contributed by atoms with E-state index in [1.807, 2.05) is 35.4 Å². The average molecular weight is 284 g/mol. The number of hydrogen-bond acceptors (Lipinski definition) is 2. The number of carbonyl (C=O) groups excluding carboxylic acids is 1. The molecule has 1 unspecified atom stereocenters. The van der Waals surface area contributed by atoms with Gasteiger partial charge in [0.25, 0.3) is 5.91 Å². The predicted octanol–water partition coefficient (Wildman–Crippen LogP) is 3.50. The van der Waals surface area contributed by atoms with Gasteiger partial charge in [0.05, 0.1) is 5.56 Å². The number of rotatable bonds is 4. The van der Waals surface area contributed by atoms with Crippen molar-refractivity contribution in [3.8, 4) is 0 Å². The minimum absolute atomic E-state index is 0.164. The second-order valence-corrected chi connectivity index (χ2v) is 5.81. The van der Waals surface area contributed by atoms with E-state index < -0.39 is 0 Å². The molecule has 1 aliphatic rings. The van der Waals surface area contributed by atoms with Crippen LogP contribution in [0.5, 0.6) is 0 Å². The molecule has 1 saturated heterocycles. The Morgan fingerprint density at radius 1 is 1.50 bits per heavy atom. The maximum atomic E-state index is 12.5. The van der Waals surface area contributed by atoms with Crippen LogP contribution in [0.25, 0.3) is 0 Å². The van der Waals surface area contributed by atoms with Gasteiger partial charge in [0.15, 0.2) is 0 Å². The van der Waals surface area contributed by atoms with Crippen LogP contribution in [0.1, 0.15) is 23.2 Å². The summed E-state index contributed by atoms with van der Waals surface area (Å²) < 4.78 is 0. The number of halogens is 1. The van der Waals surface area contributed by atoms with E-state index >= 15 is 0 Å². The third-order valence-electron chi connectivity index (χ3n) is 3.43. The molecule has 1 atom stereocenters. The lowest BCUT2D eigenvalue weighted by Gasteiger charge is -2.18. The molecule has 18 heavy (non-hydrogen) atoms. The molecule has 2 nitrogen and oxygen atoms in total. The lowest BCUT2D eigenvalue weighted by molar-refractivity contribution is 0.0783. The van der Waals surface area contributed by atoms with Crippen molar-refractivity contribution in [2.45, 2.75) is 17.7 Å². The zero-order chi connectivity index (χ0) is 13.0. The average Bonchev–Trinajstić information content (AvgIpc) is 2.87. The Bertz CT molecular complexity index is 424. The molecule has 1 aromatic carbocycles. The van der Waals surface area contributed by atoms with Gasteiger partial charge in [-0.2, -0.15) is 0 Å². The summed E-state index contributed by atoms with van der Waals surface area (Å²) in [4.78, 5) is 15.5. The van der Waals surface area contributed by atoms with Crippen molar-refractivity contribution >= 4 is 29.3 Å². The standard InChI is InChI=1S/C14H18ClNOS/c1-18-13-5-3-2-4-12(13)14(17)16-9-7-11(10-16)6-8-15/h2-5,11H,6-10H2,1H3. The number of amides is 1. The Morgan fingerprint density at radius 3 is 3.00 bits per heavy atom. The van der Waals surface area contributed by atoms with Crippen molar-refractivity contribution in [1.82, 2.24) is 4.90 Å². The summed E-state index contributed by atoms with van der Waals surface area (Å²) in [6.07, 6.45) is 4.10. The third kappa shape index (κ3) is 3.01. The van der Waals surface area contributed by atoms with Crippen LogP contribution in [0.4, 0.5) is 0 Å². The van der Waals surface area contributed by atoms with Gasteiger partial charge in [0.2, 0.25) is 0 Å². The van der Waals surface area contributed by atoms with E-state index in [2.05, 4.69) is 0 Å². The Morgan fingerprint density at radius 2 is 2.28 bits per heavy atom. The first-order valence-corrected chi connectivity index (χ1v) is 8.00. The van der Waals surface area contributed by atoms with E-state index in [9.17, 15) is 4.79 Å². The van der Waals surface area contributed by atoms with Crippen LogP contribution in [-0.2, 0) is 0 Å². The molecule has 1 aromatic rings. The van der Waals surface area contributed by atoms with Crippen molar-refractivity contribution < 1.29 is 4.79 Å². The van der Waals surface area contributed by atoms with Gasteiger partial charge < -0.3 is 4.90 Å². The Labute approximate surface area is 118 Å². The number of carbonyl (C=O) groups is 1. The second-order valence-electron chi connectivity index (χ2n) is 4.58. The van der Waals surface area contributed by atoms with E-state index in [0.29, 0.717) is 11.8 Å².